The molecule has 0 amide bonds. The molecule has 0 bridgehead atoms. The molecule has 0 radical (unpaired) electrons. The van der Waals surface area contributed by atoms with E-state index in [0.717, 1.165) is 11.3 Å². The minimum atomic E-state index is -2.57. The highest BCUT2D eigenvalue weighted by atomic mass is 35.8. The first-order chi connectivity index (χ1) is 6.01. The first-order valence-electron chi connectivity index (χ1n) is 3.71. The van der Waals surface area contributed by atoms with Crippen molar-refractivity contribution in [1.82, 2.24) is 0 Å². The molecule has 0 saturated carbocycles. The summed E-state index contributed by atoms with van der Waals surface area (Å²) in [5, 5.41) is 0. The topological polar surface area (TPSA) is 9.23 Å². The zero-order chi connectivity index (χ0) is 9.90. The maximum absolute atomic E-state index is 5.79. The van der Waals surface area contributed by atoms with Crippen LogP contribution in [0.1, 0.15) is 5.56 Å². The van der Waals surface area contributed by atoms with E-state index in [4.69, 9.17) is 38.0 Å². The molecule has 0 unspecified atom stereocenters. The Morgan fingerprint density at radius 1 is 1.31 bits per heavy atom. The Labute approximate surface area is 92.7 Å². The minimum absolute atomic E-state index is 0.523. The fraction of sp³-hybridized carbons (Fsp3) is 0.250. The molecule has 0 aliphatic rings. The maximum Gasteiger partial charge on any atom is 0.345 e. The van der Waals surface area contributed by atoms with Crippen LogP contribution in [0.2, 0.25) is 0 Å². The third-order valence-electron chi connectivity index (χ3n) is 1.54. The molecule has 1 rings (SSSR count). The van der Waals surface area contributed by atoms with Gasteiger partial charge in [-0.05, 0) is 17.7 Å². The lowest BCUT2D eigenvalue weighted by molar-refractivity contribution is 0.414. The summed E-state index contributed by atoms with van der Waals surface area (Å²) >= 11 is 17.4. The van der Waals surface area contributed by atoms with Crippen molar-refractivity contribution in [2.75, 3.05) is 7.11 Å². The lowest BCUT2D eigenvalue weighted by Gasteiger charge is -2.08. The summed E-state index contributed by atoms with van der Waals surface area (Å²) in [6.07, 6.45) is 0. The van der Waals surface area contributed by atoms with E-state index in [2.05, 4.69) is 0 Å². The summed E-state index contributed by atoms with van der Waals surface area (Å²) in [6, 6.07) is 5.51. The Hall–Kier alpha value is 0.107. The third-order valence-corrected chi connectivity index (χ3v) is 3.55. The summed E-state index contributed by atoms with van der Waals surface area (Å²) < 4.78 is 5.06. The van der Waals surface area contributed by atoms with E-state index in [-0.39, 0.29) is 0 Å². The molecule has 72 valence electrons. The molecule has 0 aliphatic carbocycles. The minimum Gasteiger partial charge on any atom is -0.497 e. The van der Waals surface area contributed by atoms with E-state index in [0.29, 0.717) is 6.04 Å². The molecule has 0 aromatic heterocycles. The van der Waals surface area contributed by atoms with Crippen LogP contribution in [0.15, 0.2) is 24.3 Å². The van der Waals surface area contributed by atoms with Gasteiger partial charge in [0.05, 0.1) is 7.11 Å². The Morgan fingerprint density at radius 2 is 2.00 bits per heavy atom. The summed E-state index contributed by atoms with van der Waals surface area (Å²) in [4.78, 5) is 0. The molecule has 0 heterocycles. The predicted octanol–water partition coefficient (Wildman–Crippen LogP) is 3.43. The van der Waals surface area contributed by atoms with Crippen LogP contribution in [-0.2, 0) is 6.04 Å². The van der Waals surface area contributed by atoms with Crippen molar-refractivity contribution in [2.45, 2.75) is 6.04 Å². The van der Waals surface area contributed by atoms with Crippen LogP contribution in [0.3, 0.4) is 0 Å². The van der Waals surface area contributed by atoms with Crippen LogP contribution >= 0.6 is 33.2 Å². The van der Waals surface area contributed by atoms with Gasteiger partial charge in [0.1, 0.15) is 5.75 Å². The summed E-state index contributed by atoms with van der Waals surface area (Å²) in [6.45, 7) is 0. The van der Waals surface area contributed by atoms with Gasteiger partial charge in [0.2, 0.25) is 0 Å². The molecule has 1 aromatic carbocycles. The largest absolute Gasteiger partial charge is 0.497 e. The highest BCUT2D eigenvalue weighted by molar-refractivity contribution is 7.64. The first kappa shape index (κ1) is 11.2. The van der Waals surface area contributed by atoms with Crippen molar-refractivity contribution < 1.29 is 4.74 Å². The summed E-state index contributed by atoms with van der Waals surface area (Å²) in [7, 11) is 1.62. The standard InChI is InChI=1S/C8H9Cl3OSi/c1-12-8-4-2-3-7(5-8)6-13(9,10)11/h2-5H,6H2,1H3. The van der Waals surface area contributed by atoms with Crippen molar-refractivity contribution in [3.63, 3.8) is 0 Å². The highest BCUT2D eigenvalue weighted by Gasteiger charge is 2.25. The molecule has 1 nitrogen and oxygen atoms in total. The molecule has 0 N–H and O–H groups in total. The van der Waals surface area contributed by atoms with Crippen molar-refractivity contribution in [3.8, 4) is 5.75 Å². The zero-order valence-electron chi connectivity index (χ0n) is 7.06. The van der Waals surface area contributed by atoms with Crippen LogP contribution in [-0.4, -0.2) is 13.1 Å². The first-order valence-corrected chi connectivity index (χ1v) is 8.95. The second kappa shape index (κ2) is 4.56. The molecule has 0 aliphatic heterocycles. The molecular formula is C8H9Cl3OSi. The van der Waals surface area contributed by atoms with Gasteiger partial charge in [0.25, 0.3) is 0 Å². The average Bonchev–Trinajstić information content (AvgIpc) is 2.01. The third kappa shape index (κ3) is 4.23. The van der Waals surface area contributed by atoms with Crippen LogP contribution in [0.4, 0.5) is 0 Å². The quantitative estimate of drug-likeness (QED) is 0.594. The number of hydrogen-bond acceptors (Lipinski definition) is 1. The number of halogens is 3. The molecule has 0 saturated heterocycles. The second-order valence-electron chi connectivity index (χ2n) is 2.64. The van der Waals surface area contributed by atoms with Crippen LogP contribution in [0, 0.1) is 0 Å². The molecule has 0 spiro atoms. The SMILES string of the molecule is COc1cccc(C[Si](Cl)(Cl)Cl)c1. The van der Waals surface area contributed by atoms with Gasteiger partial charge in [-0.25, -0.2) is 0 Å². The lowest BCUT2D eigenvalue weighted by Crippen LogP contribution is -2.14. The number of ether oxygens (including phenoxy) is 1. The van der Waals surface area contributed by atoms with E-state index < -0.39 is 6.00 Å². The molecular weight excluding hydrogens is 247 g/mol. The van der Waals surface area contributed by atoms with Gasteiger partial charge < -0.3 is 4.74 Å². The molecule has 0 fully saturated rings. The van der Waals surface area contributed by atoms with Gasteiger partial charge in [-0.15, -0.1) is 33.2 Å². The number of rotatable bonds is 3. The fourth-order valence-electron chi connectivity index (χ4n) is 1.01. The molecule has 0 atom stereocenters. The monoisotopic (exact) mass is 254 g/mol. The van der Waals surface area contributed by atoms with E-state index in [9.17, 15) is 0 Å². The van der Waals surface area contributed by atoms with Gasteiger partial charge in [-0.3, -0.25) is 0 Å². The summed E-state index contributed by atoms with van der Waals surface area (Å²) in [5.74, 6) is 0.792. The Bertz CT molecular complexity index is 285. The smallest absolute Gasteiger partial charge is 0.345 e. The summed E-state index contributed by atoms with van der Waals surface area (Å²) in [5.41, 5.74) is 1.01. The molecule has 1 aromatic rings. The van der Waals surface area contributed by atoms with Gasteiger partial charge in [-0.1, -0.05) is 12.1 Å². The molecule has 5 heteroatoms. The van der Waals surface area contributed by atoms with Gasteiger partial charge in [-0.2, -0.15) is 0 Å². The van der Waals surface area contributed by atoms with Gasteiger partial charge in [0, 0.05) is 6.04 Å². The van der Waals surface area contributed by atoms with Crippen LogP contribution in [0.25, 0.3) is 0 Å². The van der Waals surface area contributed by atoms with Gasteiger partial charge in [0.15, 0.2) is 0 Å². The van der Waals surface area contributed by atoms with E-state index >= 15 is 0 Å². The highest BCUT2D eigenvalue weighted by Crippen LogP contribution is 2.26. The number of hydrogen-bond donors (Lipinski definition) is 0. The maximum atomic E-state index is 5.79. The second-order valence-corrected chi connectivity index (χ2v) is 11.8. The Kier molecular flexibility index (Phi) is 3.92. The predicted molar refractivity (Wildman–Crippen MR) is 60.0 cm³/mol. The zero-order valence-corrected chi connectivity index (χ0v) is 10.3. The normalized spacial score (nSPS) is 11.4. The molecule has 13 heavy (non-hydrogen) atoms. The lowest BCUT2D eigenvalue weighted by atomic mass is 10.2. The average molecular weight is 256 g/mol. The Balaban J connectivity index is 2.78. The van der Waals surface area contributed by atoms with E-state index in [1.807, 2.05) is 24.3 Å². The van der Waals surface area contributed by atoms with Crippen molar-refractivity contribution in [3.05, 3.63) is 29.8 Å². The van der Waals surface area contributed by atoms with Crippen molar-refractivity contribution in [1.29, 1.82) is 0 Å². The van der Waals surface area contributed by atoms with Gasteiger partial charge >= 0.3 is 6.00 Å². The van der Waals surface area contributed by atoms with E-state index in [1.54, 1.807) is 7.11 Å². The van der Waals surface area contributed by atoms with Crippen LogP contribution < -0.4 is 4.74 Å². The fourth-order valence-corrected chi connectivity index (χ4v) is 3.09. The number of benzene rings is 1. The Morgan fingerprint density at radius 3 is 2.54 bits per heavy atom. The van der Waals surface area contributed by atoms with E-state index in [1.165, 1.54) is 0 Å². The van der Waals surface area contributed by atoms with Crippen LogP contribution in [0.5, 0.6) is 5.75 Å². The number of methoxy groups -OCH3 is 1. The van der Waals surface area contributed by atoms with Crippen molar-refractivity contribution >= 4 is 39.2 Å². The van der Waals surface area contributed by atoms with Crippen molar-refractivity contribution in [2.24, 2.45) is 0 Å².